The largest absolute Gasteiger partial charge is 0.345 e. The van der Waals surface area contributed by atoms with Gasteiger partial charge in [-0.25, -0.2) is 9.37 Å². The maximum Gasteiger partial charge on any atom is 0.245 e. The van der Waals surface area contributed by atoms with E-state index in [2.05, 4.69) is 10.3 Å². The van der Waals surface area contributed by atoms with Gasteiger partial charge in [-0.1, -0.05) is 19.1 Å². The summed E-state index contributed by atoms with van der Waals surface area (Å²) in [4.78, 5) is 30.3. The number of aromatic nitrogens is 2. The van der Waals surface area contributed by atoms with E-state index in [0.717, 1.165) is 11.4 Å². The molecular weight excluding hydrogens is 335 g/mol. The van der Waals surface area contributed by atoms with Crippen molar-refractivity contribution >= 4 is 11.8 Å². The molecular formula is C19H25FN4O2. The molecule has 0 saturated heterocycles. The summed E-state index contributed by atoms with van der Waals surface area (Å²) in [5.41, 5.74) is 0.895. The Hall–Kier alpha value is -2.70. The van der Waals surface area contributed by atoms with Crippen LogP contribution in [0, 0.1) is 5.82 Å². The number of hydrogen-bond acceptors (Lipinski definition) is 3. The lowest BCUT2D eigenvalue weighted by atomic mass is 10.0. The molecule has 0 saturated carbocycles. The lowest BCUT2D eigenvalue weighted by Gasteiger charge is -2.31. The Morgan fingerprint density at radius 3 is 2.46 bits per heavy atom. The molecule has 2 unspecified atom stereocenters. The minimum absolute atomic E-state index is 0.183. The molecule has 2 amide bonds. The molecule has 0 aliphatic carbocycles. The van der Waals surface area contributed by atoms with Crippen molar-refractivity contribution in [1.29, 1.82) is 0 Å². The number of likely N-dealkylation sites (N-methyl/N-ethyl adjacent to an activating group) is 1. The van der Waals surface area contributed by atoms with Crippen molar-refractivity contribution in [3.05, 3.63) is 53.9 Å². The maximum absolute atomic E-state index is 13.2. The molecule has 7 heteroatoms. The molecule has 26 heavy (non-hydrogen) atoms. The van der Waals surface area contributed by atoms with Crippen LogP contribution < -0.4 is 5.32 Å². The van der Waals surface area contributed by atoms with E-state index < -0.39 is 6.04 Å². The minimum Gasteiger partial charge on any atom is -0.345 e. The van der Waals surface area contributed by atoms with Crippen LogP contribution in [0.3, 0.4) is 0 Å². The predicted octanol–water partition coefficient (Wildman–Crippen LogP) is 2.22. The smallest absolute Gasteiger partial charge is 0.245 e. The lowest BCUT2D eigenvalue weighted by Crippen LogP contribution is -2.48. The molecule has 1 N–H and O–H groups in total. The number of aryl methyl sites for hydroxylation is 1. The number of halogens is 1. The zero-order valence-corrected chi connectivity index (χ0v) is 15.6. The molecule has 0 bridgehead atoms. The Morgan fingerprint density at radius 1 is 1.31 bits per heavy atom. The third kappa shape index (κ3) is 4.68. The SMILES string of the molecule is CCC(NC(C)=O)C(=O)N(C)C(Cc1ccc(F)cc1)c1nccn1C. The Kier molecular flexibility index (Phi) is 6.49. The van der Waals surface area contributed by atoms with Crippen molar-refractivity contribution in [2.24, 2.45) is 7.05 Å². The van der Waals surface area contributed by atoms with Gasteiger partial charge in [0.25, 0.3) is 0 Å². The molecule has 6 nitrogen and oxygen atoms in total. The Bertz CT molecular complexity index is 757. The first-order valence-electron chi connectivity index (χ1n) is 8.58. The van der Waals surface area contributed by atoms with E-state index >= 15 is 0 Å². The first kappa shape index (κ1) is 19.6. The van der Waals surface area contributed by atoms with Crippen molar-refractivity contribution in [3.63, 3.8) is 0 Å². The number of nitrogens with one attached hydrogen (secondary N) is 1. The fourth-order valence-electron chi connectivity index (χ4n) is 2.93. The van der Waals surface area contributed by atoms with Gasteiger partial charge >= 0.3 is 0 Å². The Morgan fingerprint density at radius 2 is 1.96 bits per heavy atom. The third-order valence-corrected chi connectivity index (χ3v) is 4.40. The van der Waals surface area contributed by atoms with Gasteiger partial charge in [0.2, 0.25) is 11.8 Å². The summed E-state index contributed by atoms with van der Waals surface area (Å²) in [7, 11) is 3.57. The van der Waals surface area contributed by atoms with Gasteiger partial charge in [0.15, 0.2) is 0 Å². The van der Waals surface area contributed by atoms with Crippen molar-refractivity contribution < 1.29 is 14.0 Å². The molecule has 0 fully saturated rings. The standard InChI is InChI=1S/C19H25FN4O2/c1-5-16(22-13(2)25)19(26)24(4)17(18-21-10-11-23(18)3)12-14-6-8-15(20)9-7-14/h6-11,16-17H,5,12H2,1-4H3,(H,22,25). The quantitative estimate of drug-likeness (QED) is 0.823. The van der Waals surface area contributed by atoms with Crippen molar-refractivity contribution in [2.45, 2.75) is 38.8 Å². The lowest BCUT2D eigenvalue weighted by molar-refractivity contribution is -0.137. The molecule has 1 aromatic heterocycles. The summed E-state index contributed by atoms with van der Waals surface area (Å²) >= 11 is 0. The van der Waals surface area contributed by atoms with E-state index in [0.29, 0.717) is 12.8 Å². The zero-order chi connectivity index (χ0) is 19.3. The summed E-state index contributed by atoms with van der Waals surface area (Å²) < 4.78 is 15.1. The Balaban J connectivity index is 2.30. The highest BCUT2D eigenvalue weighted by Gasteiger charge is 2.29. The number of carbonyl (C=O) groups excluding carboxylic acids is 2. The van der Waals surface area contributed by atoms with Crippen LogP contribution >= 0.6 is 0 Å². The molecule has 2 atom stereocenters. The van der Waals surface area contributed by atoms with Gasteiger partial charge in [-0.3, -0.25) is 9.59 Å². The van der Waals surface area contributed by atoms with Crippen LogP contribution in [0.1, 0.15) is 37.7 Å². The van der Waals surface area contributed by atoms with Crippen LogP contribution in [-0.4, -0.2) is 39.4 Å². The van der Waals surface area contributed by atoms with Gasteiger partial charge in [0.1, 0.15) is 17.7 Å². The number of benzene rings is 1. The third-order valence-electron chi connectivity index (χ3n) is 4.40. The molecule has 0 radical (unpaired) electrons. The number of amides is 2. The maximum atomic E-state index is 13.2. The van der Waals surface area contributed by atoms with Crippen LogP contribution in [0.4, 0.5) is 4.39 Å². The highest BCUT2D eigenvalue weighted by atomic mass is 19.1. The van der Waals surface area contributed by atoms with E-state index in [4.69, 9.17) is 0 Å². The number of hydrogen-bond donors (Lipinski definition) is 1. The fraction of sp³-hybridized carbons (Fsp3) is 0.421. The van der Waals surface area contributed by atoms with Gasteiger partial charge in [-0.05, 0) is 24.1 Å². The van der Waals surface area contributed by atoms with Crippen molar-refractivity contribution in [1.82, 2.24) is 19.8 Å². The van der Waals surface area contributed by atoms with Gasteiger partial charge in [-0.2, -0.15) is 0 Å². The monoisotopic (exact) mass is 360 g/mol. The second kappa shape index (κ2) is 8.60. The average molecular weight is 360 g/mol. The van der Waals surface area contributed by atoms with Crippen LogP contribution in [0.25, 0.3) is 0 Å². The normalized spacial score (nSPS) is 13.1. The molecule has 2 aromatic rings. The summed E-state index contributed by atoms with van der Waals surface area (Å²) in [6, 6.07) is 5.28. The molecule has 140 valence electrons. The summed E-state index contributed by atoms with van der Waals surface area (Å²) in [6.07, 6.45) is 4.48. The van der Waals surface area contributed by atoms with E-state index in [1.165, 1.54) is 19.1 Å². The van der Waals surface area contributed by atoms with E-state index in [1.807, 2.05) is 24.7 Å². The zero-order valence-electron chi connectivity index (χ0n) is 15.6. The fourth-order valence-corrected chi connectivity index (χ4v) is 2.93. The van der Waals surface area contributed by atoms with Gasteiger partial charge < -0.3 is 14.8 Å². The van der Waals surface area contributed by atoms with Gasteiger partial charge in [0.05, 0.1) is 6.04 Å². The summed E-state index contributed by atoms with van der Waals surface area (Å²) in [6.45, 7) is 3.24. The van der Waals surface area contributed by atoms with Crippen molar-refractivity contribution in [2.75, 3.05) is 7.05 Å². The average Bonchev–Trinajstić information content (AvgIpc) is 3.03. The minimum atomic E-state index is -0.589. The number of imidazole rings is 1. The number of rotatable bonds is 7. The predicted molar refractivity (Wildman–Crippen MR) is 96.7 cm³/mol. The molecule has 0 aliphatic heterocycles. The number of carbonyl (C=O) groups is 2. The van der Waals surface area contributed by atoms with E-state index in [1.54, 1.807) is 30.3 Å². The second-order valence-electron chi connectivity index (χ2n) is 6.35. The molecule has 1 aromatic carbocycles. The van der Waals surface area contributed by atoms with Gasteiger partial charge in [-0.15, -0.1) is 0 Å². The van der Waals surface area contributed by atoms with E-state index in [9.17, 15) is 14.0 Å². The van der Waals surface area contributed by atoms with Crippen LogP contribution in [-0.2, 0) is 23.1 Å². The first-order chi connectivity index (χ1) is 12.3. The highest BCUT2D eigenvalue weighted by Crippen LogP contribution is 2.24. The summed E-state index contributed by atoms with van der Waals surface area (Å²) in [5, 5.41) is 2.69. The summed E-state index contributed by atoms with van der Waals surface area (Å²) in [5.74, 6) is -0.00484. The van der Waals surface area contributed by atoms with Gasteiger partial charge in [0, 0.05) is 39.8 Å². The van der Waals surface area contributed by atoms with Crippen LogP contribution in [0.2, 0.25) is 0 Å². The molecule has 0 aliphatic rings. The molecule has 0 spiro atoms. The first-order valence-corrected chi connectivity index (χ1v) is 8.58. The van der Waals surface area contributed by atoms with Crippen molar-refractivity contribution in [3.8, 4) is 0 Å². The van der Waals surface area contributed by atoms with E-state index in [-0.39, 0.29) is 23.7 Å². The molecule has 2 rings (SSSR count). The highest BCUT2D eigenvalue weighted by molar-refractivity contribution is 5.86. The van der Waals surface area contributed by atoms with Crippen LogP contribution in [0.15, 0.2) is 36.7 Å². The second-order valence-corrected chi connectivity index (χ2v) is 6.35. The Labute approximate surface area is 153 Å². The molecule has 1 heterocycles. The van der Waals surface area contributed by atoms with Crippen LogP contribution in [0.5, 0.6) is 0 Å². The number of nitrogens with zero attached hydrogens (tertiary/aromatic N) is 3. The topological polar surface area (TPSA) is 67.2 Å².